The number of ether oxygens (including phenoxy) is 1. The van der Waals surface area contributed by atoms with Gasteiger partial charge in [0, 0.05) is 13.6 Å². The minimum absolute atomic E-state index is 0.141. The molecule has 0 fully saturated rings. The van der Waals surface area contributed by atoms with Crippen LogP contribution in [0.4, 0.5) is 30.5 Å². The van der Waals surface area contributed by atoms with E-state index in [4.69, 9.17) is 4.74 Å². The van der Waals surface area contributed by atoms with Crippen molar-refractivity contribution < 1.29 is 27.6 Å². The van der Waals surface area contributed by atoms with E-state index in [-0.39, 0.29) is 30.3 Å². The number of nitro groups is 1. The zero-order valence-electron chi connectivity index (χ0n) is 17.4. The Morgan fingerprint density at radius 2 is 1.94 bits per heavy atom. The van der Waals surface area contributed by atoms with E-state index in [1.165, 1.54) is 24.1 Å². The van der Waals surface area contributed by atoms with E-state index in [2.05, 4.69) is 15.3 Å². The zero-order valence-corrected chi connectivity index (χ0v) is 17.4. The Labute approximate surface area is 176 Å². The smallest absolute Gasteiger partial charge is 0.416 e. The van der Waals surface area contributed by atoms with Crippen LogP contribution in [0.1, 0.15) is 31.9 Å². The normalized spacial score (nSPS) is 11.7. The summed E-state index contributed by atoms with van der Waals surface area (Å²) in [7, 11) is 1.43. The van der Waals surface area contributed by atoms with Crippen molar-refractivity contribution in [2.24, 2.45) is 0 Å². The largest absolute Gasteiger partial charge is 0.459 e. The highest BCUT2D eigenvalue weighted by Gasteiger charge is 2.31. The van der Waals surface area contributed by atoms with Gasteiger partial charge in [-0.25, -0.2) is 9.97 Å². The van der Waals surface area contributed by atoms with Crippen LogP contribution in [0.15, 0.2) is 30.6 Å². The first kappa shape index (κ1) is 23.8. The lowest BCUT2D eigenvalue weighted by atomic mass is 10.1. The van der Waals surface area contributed by atoms with Crippen LogP contribution < -0.4 is 10.2 Å². The first-order chi connectivity index (χ1) is 14.3. The molecule has 0 unspecified atom stereocenters. The molecule has 0 saturated heterocycles. The van der Waals surface area contributed by atoms with Crippen molar-refractivity contribution in [1.29, 1.82) is 0 Å². The molecular formula is C19H22F3N5O4. The van der Waals surface area contributed by atoms with Crippen LogP contribution in [-0.2, 0) is 22.3 Å². The maximum atomic E-state index is 12.9. The molecule has 0 aliphatic heterocycles. The molecule has 1 N–H and O–H groups in total. The zero-order chi connectivity index (χ0) is 23.4. The number of hydrogen-bond acceptors (Lipinski definition) is 8. The molecule has 12 heteroatoms. The highest BCUT2D eigenvalue weighted by atomic mass is 19.4. The van der Waals surface area contributed by atoms with E-state index < -0.39 is 33.9 Å². The molecule has 1 aromatic carbocycles. The number of carbonyl (C=O) groups excluding carboxylic acids is 1. The molecule has 2 aromatic rings. The van der Waals surface area contributed by atoms with E-state index in [0.717, 1.165) is 18.5 Å². The first-order valence-corrected chi connectivity index (χ1v) is 9.10. The number of likely N-dealkylation sites (N-methyl/N-ethyl adjacent to an activating group) is 1. The second-order valence-electron chi connectivity index (χ2n) is 7.65. The monoisotopic (exact) mass is 441 g/mol. The van der Waals surface area contributed by atoms with Crippen LogP contribution in [0.5, 0.6) is 0 Å². The third-order valence-electron chi connectivity index (χ3n) is 3.85. The van der Waals surface area contributed by atoms with Gasteiger partial charge in [0.2, 0.25) is 11.6 Å². The van der Waals surface area contributed by atoms with Crippen molar-refractivity contribution >= 4 is 23.3 Å². The second kappa shape index (κ2) is 9.14. The molecule has 168 valence electrons. The number of hydrogen-bond donors (Lipinski definition) is 1. The fraction of sp³-hybridized carbons (Fsp3) is 0.421. The Kier molecular flexibility index (Phi) is 7.03. The molecule has 1 heterocycles. The molecule has 0 radical (unpaired) electrons. The summed E-state index contributed by atoms with van der Waals surface area (Å²) in [5.41, 5.74) is -1.82. The van der Waals surface area contributed by atoms with E-state index in [1.54, 1.807) is 20.8 Å². The summed E-state index contributed by atoms with van der Waals surface area (Å²) >= 11 is 0. The van der Waals surface area contributed by atoms with Crippen molar-refractivity contribution in [1.82, 2.24) is 9.97 Å². The molecule has 0 bridgehead atoms. The van der Waals surface area contributed by atoms with Crippen LogP contribution >= 0.6 is 0 Å². The predicted molar refractivity (Wildman–Crippen MR) is 107 cm³/mol. The van der Waals surface area contributed by atoms with Gasteiger partial charge in [-0.1, -0.05) is 12.1 Å². The fourth-order valence-electron chi connectivity index (χ4n) is 2.63. The van der Waals surface area contributed by atoms with Gasteiger partial charge in [0.1, 0.15) is 18.5 Å². The lowest BCUT2D eigenvalue weighted by Gasteiger charge is -2.23. The Balaban J connectivity index is 2.24. The number of nitrogens with zero attached hydrogens (tertiary/aromatic N) is 4. The number of halogens is 3. The molecular weight excluding hydrogens is 419 g/mol. The van der Waals surface area contributed by atoms with Crippen LogP contribution in [0.2, 0.25) is 0 Å². The van der Waals surface area contributed by atoms with E-state index in [9.17, 15) is 28.1 Å². The summed E-state index contributed by atoms with van der Waals surface area (Å²) in [5.74, 6) is -0.942. The molecule has 2 rings (SSSR count). The summed E-state index contributed by atoms with van der Waals surface area (Å²) < 4.78 is 43.8. The van der Waals surface area contributed by atoms with Gasteiger partial charge >= 0.3 is 17.8 Å². The minimum atomic E-state index is -4.51. The van der Waals surface area contributed by atoms with Gasteiger partial charge < -0.3 is 15.0 Å². The van der Waals surface area contributed by atoms with Gasteiger partial charge in [0.15, 0.2) is 0 Å². The summed E-state index contributed by atoms with van der Waals surface area (Å²) in [6, 6.07) is 4.56. The molecule has 0 spiro atoms. The third-order valence-corrected chi connectivity index (χ3v) is 3.85. The Hall–Kier alpha value is -3.44. The number of esters is 1. The number of carbonyl (C=O) groups is 1. The lowest BCUT2D eigenvalue weighted by molar-refractivity contribution is -0.383. The van der Waals surface area contributed by atoms with Crippen LogP contribution in [0, 0.1) is 10.1 Å². The summed E-state index contributed by atoms with van der Waals surface area (Å²) in [6.45, 7) is 4.62. The van der Waals surface area contributed by atoms with Gasteiger partial charge in [0.05, 0.1) is 10.5 Å². The number of benzene rings is 1. The van der Waals surface area contributed by atoms with E-state index in [1.807, 2.05) is 0 Å². The maximum Gasteiger partial charge on any atom is 0.416 e. The van der Waals surface area contributed by atoms with Crippen molar-refractivity contribution in [2.75, 3.05) is 23.8 Å². The average Bonchev–Trinajstić information content (AvgIpc) is 2.63. The standard InChI is InChI=1S/C19H22F3N5O4/c1-18(2,3)31-14(28)10-26(4)17-15(27(29)30)16(24-11-25-17)23-9-12-6-5-7-13(8-12)19(20,21)22/h5-8,11H,9-10H2,1-4H3,(H,23,24,25). The molecule has 0 atom stereocenters. The van der Waals surface area contributed by atoms with Crippen LogP contribution in [0.3, 0.4) is 0 Å². The Morgan fingerprint density at radius 3 is 2.52 bits per heavy atom. The summed E-state index contributed by atoms with van der Waals surface area (Å²) in [6.07, 6.45) is -3.45. The van der Waals surface area contributed by atoms with Crippen LogP contribution in [0.25, 0.3) is 0 Å². The van der Waals surface area contributed by atoms with Crippen molar-refractivity contribution in [3.05, 3.63) is 51.8 Å². The fourth-order valence-corrected chi connectivity index (χ4v) is 2.63. The highest BCUT2D eigenvalue weighted by Crippen LogP contribution is 2.32. The van der Waals surface area contributed by atoms with E-state index >= 15 is 0 Å². The van der Waals surface area contributed by atoms with Gasteiger partial charge in [-0.15, -0.1) is 0 Å². The van der Waals surface area contributed by atoms with Gasteiger partial charge in [0.25, 0.3) is 0 Å². The van der Waals surface area contributed by atoms with Crippen molar-refractivity contribution in [2.45, 2.75) is 39.1 Å². The lowest BCUT2D eigenvalue weighted by Crippen LogP contribution is -2.33. The number of nitrogens with one attached hydrogen (secondary N) is 1. The second-order valence-corrected chi connectivity index (χ2v) is 7.65. The van der Waals surface area contributed by atoms with Crippen molar-refractivity contribution in [3.63, 3.8) is 0 Å². The Morgan fingerprint density at radius 1 is 1.26 bits per heavy atom. The van der Waals surface area contributed by atoms with Crippen molar-refractivity contribution in [3.8, 4) is 0 Å². The van der Waals surface area contributed by atoms with Gasteiger partial charge in [-0.2, -0.15) is 13.2 Å². The molecule has 0 amide bonds. The maximum absolute atomic E-state index is 12.9. The topological polar surface area (TPSA) is 110 Å². The van der Waals surface area contributed by atoms with Gasteiger partial charge in [-0.3, -0.25) is 14.9 Å². The SMILES string of the molecule is CN(CC(=O)OC(C)(C)C)c1ncnc(NCc2cccc(C(F)(F)F)c2)c1[N+](=O)[O-]. The number of rotatable bonds is 7. The molecule has 0 aliphatic carbocycles. The number of anilines is 2. The van der Waals surface area contributed by atoms with Gasteiger partial charge in [-0.05, 0) is 38.5 Å². The first-order valence-electron chi connectivity index (χ1n) is 9.10. The molecule has 31 heavy (non-hydrogen) atoms. The molecule has 9 nitrogen and oxygen atoms in total. The summed E-state index contributed by atoms with van der Waals surface area (Å²) in [5, 5.41) is 14.3. The average molecular weight is 441 g/mol. The highest BCUT2D eigenvalue weighted by molar-refractivity contribution is 5.78. The number of aromatic nitrogens is 2. The molecule has 0 saturated carbocycles. The van der Waals surface area contributed by atoms with E-state index in [0.29, 0.717) is 0 Å². The molecule has 1 aromatic heterocycles. The Bertz CT molecular complexity index is 960. The molecule has 0 aliphatic rings. The minimum Gasteiger partial charge on any atom is -0.459 e. The summed E-state index contributed by atoms with van der Waals surface area (Å²) in [4.78, 5) is 31.9. The third kappa shape index (κ3) is 6.79. The quantitative estimate of drug-likeness (QED) is 0.393. The number of alkyl halides is 3. The van der Waals surface area contributed by atoms with Crippen LogP contribution in [-0.4, -0.2) is 40.1 Å². The predicted octanol–water partition coefficient (Wildman–Crippen LogP) is 3.79.